The minimum atomic E-state index is -3.54. The van der Waals surface area contributed by atoms with Gasteiger partial charge in [0, 0.05) is 30.3 Å². The van der Waals surface area contributed by atoms with Gasteiger partial charge in [0.2, 0.25) is 15.9 Å². The smallest absolute Gasteiger partial charge is 0.245 e. The maximum absolute atomic E-state index is 13.5. The quantitative estimate of drug-likeness (QED) is 0.563. The van der Waals surface area contributed by atoms with Crippen LogP contribution in [0.3, 0.4) is 0 Å². The molecular formula is C25H31N3O3S. The Morgan fingerprint density at radius 1 is 1.12 bits per heavy atom. The van der Waals surface area contributed by atoms with Crippen LogP contribution < -0.4 is 4.72 Å². The Balaban J connectivity index is 1.53. The van der Waals surface area contributed by atoms with Crippen molar-refractivity contribution in [1.29, 1.82) is 0 Å². The van der Waals surface area contributed by atoms with Crippen LogP contribution in [-0.2, 0) is 27.8 Å². The number of fused-ring (bicyclic) bond motifs is 1. The van der Waals surface area contributed by atoms with Crippen molar-refractivity contribution >= 4 is 26.8 Å². The van der Waals surface area contributed by atoms with Crippen LogP contribution in [0.4, 0.5) is 0 Å². The Morgan fingerprint density at radius 3 is 2.56 bits per heavy atom. The number of nitrogens with zero attached hydrogens (tertiary/aromatic N) is 2. The van der Waals surface area contributed by atoms with Gasteiger partial charge < -0.3 is 9.47 Å². The van der Waals surface area contributed by atoms with E-state index in [0.717, 1.165) is 38.5 Å². The topological polar surface area (TPSA) is 71.4 Å². The van der Waals surface area contributed by atoms with Crippen LogP contribution in [-0.4, -0.2) is 42.6 Å². The van der Waals surface area contributed by atoms with Crippen molar-refractivity contribution in [1.82, 2.24) is 14.2 Å². The highest BCUT2D eigenvalue weighted by atomic mass is 32.2. The molecule has 32 heavy (non-hydrogen) atoms. The van der Waals surface area contributed by atoms with E-state index < -0.39 is 16.1 Å². The monoisotopic (exact) mass is 453 g/mol. The first kappa shape index (κ1) is 22.6. The zero-order valence-electron chi connectivity index (χ0n) is 18.7. The lowest BCUT2D eigenvalue weighted by Gasteiger charge is -2.29. The molecule has 1 amide bonds. The molecule has 7 heteroatoms. The number of sulfonamides is 1. The van der Waals surface area contributed by atoms with Crippen molar-refractivity contribution in [3.8, 4) is 0 Å². The molecule has 1 aromatic heterocycles. The molecule has 4 rings (SSSR count). The van der Waals surface area contributed by atoms with E-state index in [1.807, 2.05) is 23.1 Å². The normalized spacial score (nSPS) is 17.7. The third-order valence-electron chi connectivity index (χ3n) is 6.32. The number of hydrogen-bond donors (Lipinski definition) is 1. The first-order valence-corrected chi connectivity index (χ1v) is 13.2. The average molecular weight is 454 g/mol. The van der Waals surface area contributed by atoms with E-state index in [1.165, 1.54) is 16.6 Å². The second-order valence-corrected chi connectivity index (χ2v) is 10.3. The molecule has 1 aliphatic rings. The molecule has 0 aliphatic carbocycles. The summed E-state index contributed by atoms with van der Waals surface area (Å²) in [7, 11) is -3.54. The summed E-state index contributed by atoms with van der Waals surface area (Å²) in [6, 6.07) is 19.0. The van der Waals surface area contributed by atoms with Gasteiger partial charge in [-0.2, -0.15) is 4.72 Å². The van der Waals surface area contributed by atoms with Crippen LogP contribution in [0.5, 0.6) is 0 Å². The molecule has 0 radical (unpaired) electrons. The summed E-state index contributed by atoms with van der Waals surface area (Å²) in [6.45, 7) is 3.72. The Hall–Kier alpha value is -2.64. The number of carbonyl (C=O) groups excluding carboxylic acids is 1. The maximum atomic E-state index is 13.5. The van der Waals surface area contributed by atoms with Gasteiger partial charge in [0.05, 0.1) is 6.26 Å². The predicted molar refractivity (Wildman–Crippen MR) is 128 cm³/mol. The van der Waals surface area contributed by atoms with Crippen molar-refractivity contribution in [3.63, 3.8) is 0 Å². The predicted octanol–water partition coefficient (Wildman–Crippen LogP) is 3.88. The molecule has 6 nitrogen and oxygen atoms in total. The van der Waals surface area contributed by atoms with Crippen molar-refractivity contribution in [2.75, 3.05) is 12.8 Å². The summed E-state index contributed by atoms with van der Waals surface area (Å²) < 4.78 is 28.9. The summed E-state index contributed by atoms with van der Waals surface area (Å²) >= 11 is 0. The number of para-hydroxylation sites is 1. The number of likely N-dealkylation sites (tertiary alicyclic amines) is 1. The SMILES string of the molecule is CCn1c(CC[C@@H]2CCCN2C(=O)[C@H](NS(C)(=O)=O)c2ccccc2)cc2ccccc21. The summed E-state index contributed by atoms with van der Waals surface area (Å²) in [5, 5.41) is 1.24. The van der Waals surface area contributed by atoms with Gasteiger partial charge in [-0.3, -0.25) is 4.79 Å². The van der Waals surface area contributed by atoms with Crippen molar-refractivity contribution < 1.29 is 13.2 Å². The minimum Gasteiger partial charge on any atom is -0.345 e. The Morgan fingerprint density at radius 2 is 1.84 bits per heavy atom. The van der Waals surface area contributed by atoms with Gasteiger partial charge in [-0.15, -0.1) is 0 Å². The zero-order valence-corrected chi connectivity index (χ0v) is 19.5. The molecule has 170 valence electrons. The van der Waals surface area contributed by atoms with Gasteiger partial charge in [0.25, 0.3) is 0 Å². The standard InChI is InChI=1S/C25H31N3O3S/c1-3-27-22(18-20-12-7-8-14-23(20)27)16-15-21-13-9-17-28(21)25(29)24(26-32(2,30)31)19-10-5-4-6-11-19/h4-8,10-12,14,18,21,24,26H,3,9,13,15-17H2,1-2H3/t21-,24+/m0/s1. The van der Waals surface area contributed by atoms with Crippen LogP contribution >= 0.6 is 0 Å². The van der Waals surface area contributed by atoms with Crippen molar-refractivity contribution in [2.45, 2.75) is 51.2 Å². The minimum absolute atomic E-state index is 0.110. The molecule has 1 saturated heterocycles. The highest BCUT2D eigenvalue weighted by Gasteiger charge is 2.35. The van der Waals surface area contributed by atoms with Gasteiger partial charge in [-0.25, -0.2) is 8.42 Å². The molecule has 0 bridgehead atoms. The molecule has 1 fully saturated rings. The van der Waals surface area contributed by atoms with Gasteiger partial charge in [0.15, 0.2) is 0 Å². The largest absolute Gasteiger partial charge is 0.345 e. The molecular weight excluding hydrogens is 422 g/mol. The third-order valence-corrected chi connectivity index (χ3v) is 6.98. The molecule has 2 aromatic carbocycles. The number of nitrogens with one attached hydrogen (secondary N) is 1. The van der Waals surface area contributed by atoms with Crippen LogP contribution in [0.15, 0.2) is 60.7 Å². The molecule has 3 aromatic rings. The molecule has 2 atom stereocenters. The number of rotatable bonds is 8. The van der Waals surface area contributed by atoms with E-state index in [-0.39, 0.29) is 11.9 Å². The second-order valence-electron chi connectivity index (χ2n) is 8.54. The Kier molecular flexibility index (Phi) is 6.67. The van der Waals surface area contributed by atoms with Gasteiger partial charge in [-0.05, 0) is 55.7 Å². The number of carbonyl (C=O) groups is 1. The third kappa shape index (κ3) is 4.89. The van der Waals surface area contributed by atoms with E-state index in [0.29, 0.717) is 12.1 Å². The van der Waals surface area contributed by atoms with E-state index in [2.05, 4.69) is 46.5 Å². The lowest BCUT2D eigenvalue weighted by atomic mass is 10.0. The first-order valence-electron chi connectivity index (χ1n) is 11.3. The first-order chi connectivity index (χ1) is 15.4. The highest BCUT2D eigenvalue weighted by molar-refractivity contribution is 7.88. The second kappa shape index (κ2) is 9.46. The van der Waals surface area contributed by atoms with Gasteiger partial charge in [0.1, 0.15) is 6.04 Å². The number of aromatic nitrogens is 1. The Bertz CT molecular complexity index is 1190. The number of aryl methyl sites for hydroxylation is 2. The summed E-state index contributed by atoms with van der Waals surface area (Å²) in [6.07, 6.45) is 4.72. The molecule has 1 aliphatic heterocycles. The fourth-order valence-corrected chi connectivity index (χ4v) is 5.54. The highest BCUT2D eigenvalue weighted by Crippen LogP contribution is 2.28. The fraction of sp³-hybridized carbons (Fsp3) is 0.400. The Labute approximate surface area is 190 Å². The molecule has 0 saturated carbocycles. The van der Waals surface area contributed by atoms with E-state index in [4.69, 9.17) is 0 Å². The van der Waals surface area contributed by atoms with E-state index >= 15 is 0 Å². The summed E-state index contributed by atoms with van der Waals surface area (Å²) in [5.41, 5.74) is 3.19. The average Bonchev–Trinajstić information content (AvgIpc) is 3.39. The lowest BCUT2D eigenvalue weighted by Crippen LogP contribution is -2.44. The molecule has 0 spiro atoms. The summed E-state index contributed by atoms with van der Waals surface area (Å²) in [5.74, 6) is -0.167. The molecule has 0 unspecified atom stereocenters. The van der Waals surface area contributed by atoms with Crippen LogP contribution in [0.25, 0.3) is 10.9 Å². The number of amides is 1. The van der Waals surface area contributed by atoms with E-state index in [1.54, 1.807) is 12.1 Å². The van der Waals surface area contributed by atoms with Crippen LogP contribution in [0.2, 0.25) is 0 Å². The van der Waals surface area contributed by atoms with Crippen LogP contribution in [0, 0.1) is 0 Å². The number of benzene rings is 2. The van der Waals surface area contributed by atoms with Crippen molar-refractivity contribution in [3.05, 3.63) is 71.9 Å². The summed E-state index contributed by atoms with van der Waals surface area (Å²) in [4.78, 5) is 15.4. The number of hydrogen-bond acceptors (Lipinski definition) is 3. The zero-order chi connectivity index (χ0) is 22.7. The van der Waals surface area contributed by atoms with Crippen molar-refractivity contribution in [2.24, 2.45) is 0 Å². The lowest BCUT2D eigenvalue weighted by molar-refractivity contribution is -0.134. The van der Waals surface area contributed by atoms with Gasteiger partial charge >= 0.3 is 0 Å². The molecule has 2 heterocycles. The molecule has 1 N–H and O–H groups in total. The van der Waals surface area contributed by atoms with Crippen LogP contribution in [0.1, 0.15) is 43.5 Å². The van der Waals surface area contributed by atoms with E-state index in [9.17, 15) is 13.2 Å². The fourth-order valence-electron chi connectivity index (χ4n) is 4.87. The van der Waals surface area contributed by atoms with Gasteiger partial charge in [-0.1, -0.05) is 48.5 Å². The maximum Gasteiger partial charge on any atom is 0.245 e.